The summed E-state index contributed by atoms with van der Waals surface area (Å²) in [5, 5.41) is 0.464. The van der Waals surface area contributed by atoms with Gasteiger partial charge in [-0.2, -0.15) is 0 Å². The van der Waals surface area contributed by atoms with Crippen LogP contribution in [0.1, 0.15) is 12.8 Å². The molecule has 0 aromatic heterocycles. The lowest BCUT2D eigenvalue weighted by molar-refractivity contribution is 0.574. The van der Waals surface area contributed by atoms with Gasteiger partial charge < -0.3 is 5.43 Å². The van der Waals surface area contributed by atoms with E-state index in [2.05, 4.69) is 5.43 Å². The molecule has 1 aromatic rings. The van der Waals surface area contributed by atoms with Crippen molar-refractivity contribution in [3.05, 3.63) is 23.2 Å². The smallest absolute Gasteiger partial charge is 0.235 e. The molecule has 3 N–H and O–H groups in total. The number of nitrogen functional groups attached to an aromatic ring is 1. The van der Waals surface area contributed by atoms with Crippen LogP contribution in [0.15, 0.2) is 18.2 Å². The minimum atomic E-state index is -3.19. The van der Waals surface area contributed by atoms with Crippen molar-refractivity contribution >= 4 is 33.0 Å². The van der Waals surface area contributed by atoms with E-state index in [9.17, 15) is 8.42 Å². The number of halogens is 1. The van der Waals surface area contributed by atoms with Crippen molar-refractivity contribution in [2.75, 3.05) is 22.0 Å². The summed E-state index contributed by atoms with van der Waals surface area (Å²) in [6, 6.07) is 4.97. The van der Waals surface area contributed by atoms with Crippen LogP contribution in [0.2, 0.25) is 5.02 Å². The van der Waals surface area contributed by atoms with E-state index in [4.69, 9.17) is 17.4 Å². The zero-order valence-corrected chi connectivity index (χ0v) is 10.8. The quantitative estimate of drug-likeness (QED) is 0.634. The Labute approximate surface area is 106 Å². The first-order valence-corrected chi connectivity index (χ1v) is 7.30. The fraction of sp³-hybridized carbons (Fsp3) is 0.400. The summed E-state index contributed by atoms with van der Waals surface area (Å²) in [6.45, 7) is 0.508. The number of nitrogens with two attached hydrogens (primary N) is 1. The van der Waals surface area contributed by atoms with Crippen molar-refractivity contribution in [3.8, 4) is 0 Å². The highest BCUT2D eigenvalue weighted by Gasteiger charge is 2.26. The third kappa shape index (κ3) is 2.48. The van der Waals surface area contributed by atoms with Gasteiger partial charge in [0.05, 0.1) is 22.2 Å². The first kappa shape index (κ1) is 12.5. The van der Waals surface area contributed by atoms with Gasteiger partial charge in [0.25, 0.3) is 0 Å². The molecule has 0 radical (unpaired) electrons. The minimum absolute atomic E-state index is 0.195. The van der Waals surface area contributed by atoms with E-state index in [-0.39, 0.29) is 5.75 Å². The maximum atomic E-state index is 11.9. The summed E-state index contributed by atoms with van der Waals surface area (Å²) in [7, 11) is -3.19. The molecule has 17 heavy (non-hydrogen) atoms. The predicted octanol–water partition coefficient (Wildman–Crippen LogP) is 1.56. The summed E-state index contributed by atoms with van der Waals surface area (Å²) in [5.74, 6) is 5.51. The Bertz CT molecular complexity index is 518. The lowest BCUT2D eigenvalue weighted by Crippen LogP contribution is -2.37. The van der Waals surface area contributed by atoms with Gasteiger partial charge in [0.15, 0.2) is 0 Å². The van der Waals surface area contributed by atoms with Gasteiger partial charge in [0, 0.05) is 6.54 Å². The Balaban J connectivity index is 2.39. The van der Waals surface area contributed by atoms with Gasteiger partial charge >= 0.3 is 0 Å². The molecule has 0 unspecified atom stereocenters. The molecule has 1 aliphatic rings. The third-order valence-electron chi connectivity index (χ3n) is 2.74. The largest absolute Gasteiger partial charge is 0.323 e. The van der Waals surface area contributed by atoms with Crippen LogP contribution < -0.4 is 15.6 Å². The molecule has 0 aliphatic carbocycles. The van der Waals surface area contributed by atoms with Crippen LogP contribution in [0.4, 0.5) is 11.4 Å². The van der Waals surface area contributed by atoms with E-state index < -0.39 is 10.0 Å². The van der Waals surface area contributed by atoms with E-state index in [1.165, 1.54) is 4.31 Å². The zero-order valence-electron chi connectivity index (χ0n) is 9.19. The average molecular weight is 276 g/mol. The Morgan fingerprint density at radius 3 is 2.76 bits per heavy atom. The van der Waals surface area contributed by atoms with Gasteiger partial charge in [-0.05, 0) is 31.0 Å². The number of hydrogen-bond donors (Lipinski definition) is 2. The van der Waals surface area contributed by atoms with Gasteiger partial charge in [0.1, 0.15) is 0 Å². The molecule has 94 valence electrons. The van der Waals surface area contributed by atoms with E-state index in [0.717, 1.165) is 6.42 Å². The van der Waals surface area contributed by atoms with Crippen LogP contribution in [0.3, 0.4) is 0 Å². The van der Waals surface area contributed by atoms with Crippen molar-refractivity contribution < 1.29 is 8.42 Å². The molecule has 0 saturated carbocycles. The van der Waals surface area contributed by atoms with Gasteiger partial charge in [-0.1, -0.05) is 11.6 Å². The molecule has 5 nitrogen and oxygen atoms in total. The Morgan fingerprint density at radius 1 is 1.35 bits per heavy atom. The standard InChI is InChI=1S/C10H14ClN3O2S/c11-9-4-3-8(7-10(9)13-12)14-5-1-2-6-17(14,15)16/h3-4,7,13H,1-2,5-6,12H2. The van der Waals surface area contributed by atoms with E-state index in [0.29, 0.717) is 29.4 Å². The molecular weight excluding hydrogens is 262 g/mol. The zero-order chi connectivity index (χ0) is 12.5. The Hall–Kier alpha value is -0.980. The summed E-state index contributed by atoms with van der Waals surface area (Å²) < 4.78 is 25.2. The summed E-state index contributed by atoms with van der Waals surface area (Å²) in [6.07, 6.45) is 1.58. The molecule has 1 fully saturated rings. The van der Waals surface area contributed by atoms with Gasteiger partial charge in [-0.25, -0.2) is 8.42 Å². The minimum Gasteiger partial charge on any atom is -0.323 e. The highest BCUT2D eigenvalue weighted by atomic mass is 35.5. The van der Waals surface area contributed by atoms with Gasteiger partial charge in [-0.3, -0.25) is 10.1 Å². The lowest BCUT2D eigenvalue weighted by atomic mass is 10.2. The molecular formula is C10H14ClN3O2S. The topological polar surface area (TPSA) is 75.4 Å². The molecule has 0 bridgehead atoms. The van der Waals surface area contributed by atoms with Crippen molar-refractivity contribution in [3.63, 3.8) is 0 Å². The SMILES string of the molecule is NNc1cc(N2CCCCS2(=O)=O)ccc1Cl. The number of nitrogens with one attached hydrogen (secondary N) is 1. The molecule has 1 heterocycles. The molecule has 2 rings (SSSR count). The molecule has 1 saturated heterocycles. The fourth-order valence-corrected chi connectivity index (χ4v) is 3.66. The molecule has 0 amide bonds. The fourth-order valence-electron chi connectivity index (χ4n) is 1.86. The average Bonchev–Trinajstić information content (AvgIpc) is 2.30. The van der Waals surface area contributed by atoms with Crippen LogP contribution in [0, 0.1) is 0 Å². The highest BCUT2D eigenvalue weighted by molar-refractivity contribution is 7.92. The number of anilines is 2. The highest BCUT2D eigenvalue weighted by Crippen LogP contribution is 2.30. The lowest BCUT2D eigenvalue weighted by Gasteiger charge is -2.28. The molecule has 0 atom stereocenters. The number of hydrogen-bond acceptors (Lipinski definition) is 4. The van der Waals surface area contributed by atoms with Crippen molar-refractivity contribution in [1.29, 1.82) is 0 Å². The Kier molecular flexibility index (Phi) is 3.46. The van der Waals surface area contributed by atoms with E-state index in [1.807, 2.05) is 0 Å². The van der Waals surface area contributed by atoms with Crippen molar-refractivity contribution in [2.24, 2.45) is 5.84 Å². The monoisotopic (exact) mass is 275 g/mol. The second-order valence-corrected chi connectivity index (χ2v) is 6.32. The summed E-state index contributed by atoms with van der Waals surface area (Å²) >= 11 is 5.90. The number of sulfonamides is 1. The first-order chi connectivity index (χ1) is 8.04. The predicted molar refractivity (Wildman–Crippen MR) is 69.6 cm³/mol. The van der Waals surface area contributed by atoms with Crippen LogP contribution in [-0.2, 0) is 10.0 Å². The van der Waals surface area contributed by atoms with Crippen LogP contribution in [0.5, 0.6) is 0 Å². The van der Waals surface area contributed by atoms with E-state index >= 15 is 0 Å². The van der Waals surface area contributed by atoms with Crippen LogP contribution >= 0.6 is 11.6 Å². The number of rotatable bonds is 2. The first-order valence-electron chi connectivity index (χ1n) is 5.31. The molecule has 1 aliphatic heterocycles. The second-order valence-electron chi connectivity index (χ2n) is 3.90. The van der Waals surface area contributed by atoms with Crippen LogP contribution in [0.25, 0.3) is 0 Å². The number of hydrazine groups is 1. The van der Waals surface area contributed by atoms with E-state index in [1.54, 1.807) is 18.2 Å². The summed E-state index contributed by atoms with van der Waals surface area (Å²) in [5.41, 5.74) is 3.57. The second kappa shape index (κ2) is 4.72. The van der Waals surface area contributed by atoms with Crippen molar-refractivity contribution in [1.82, 2.24) is 0 Å². The van der Waals surface area contributed by atoms with Crippen molar-refractivity contribution in [2.45, 2.75) is 12.8 Å². The molecule has 1 aromatic carbocycles. The summed E-state index contributed by atoms with van der Waals surface area (Å²) in [4.78, 5) is 0. The van der Waals surface area contributed by atoms with Gasteiger partial charge in [-0.15, -0.1) is 0 Å². The van der Waals surface area contributed by atoms with Gasteiger partial charge in [0.2, 0.25) is 10.0 Å². The number of nitrogens with zero attached hydrogens (tertiary/aromatic N) is 1. The Morgan fingerprint density at radius 2 is 2.12 bits per heavy atom. The maximum absolute atomic E-state index is 11.9. The van der Waals surface area contributed by atoms with Crippen LogP contribution in [-0.4, -0.2) is 20.7 Å². The normalized spacial score (nSPS) is 19.1. The molecule has 7 heteroatoms. The maximum Gasteiger partial charge on any atom is 0.235 e. The molecule has 0 spiro atoms. The number of benzene rings is 1. The third-order valence-corrected chi connectivity index (χ3v) is 4.94.